The van der Waals surface area contributed by atoms with Gasteiger partial charge in [-0.15, -0.1) is 0 Å². The molecule has 0 aliphatic carbocycles. The van der Waals surface area contributed by atoms with Crippen LogP contribution in [-0.2, 0) is 23.4 Å². The number of nitrogens with one attached hydrogen (secondary N) is 2. The number of H-pyrrole nitrogens is 1. The number of halogens is 2. The first-order chi connectivity index (χ1) is 17.6. The Morgan fingerprint density at radius 2 is 1.87 bits per heavy atom. The number of hydrogen-bond acceptors (Lipinski definition) is 9. The fourth-order valence-electron chi connectivity index (χ4n) is 3.76. The number of esters is 1. The molecular formula is C23H30F2N3O9P. The van der Waals surface area contributed by atoms with E-state index in [1.807, 2.05) is 0 Å². The number of benzene rings is 1. The van der Waals surface area contributed by atoms with Gasteiger partial charge >= 0.3 is 19.4 Å². The summed E-state index contributed by atoms with van der Waals surface area (Å²) in [6.45, 7) is 6.83. The van der Waals surface area contributed by atoms with Crippen molar-refractivity contribution in [2.45, 2.75) is 77.0 Å². The molecule has 0 radical (unpaired) electrons. The summed E-state index contributed by atoms with van der Waals surface area (Å²) >= 11 is 0. The summed E-state index contributed by atoms with van der Waals surface area (Å²) < 4.78 is 65.5. The Balaban J connectivity index is 1.88. The van der Waals surface area contributed by atoms with Crippen molar-refractivity contribution in [3.8, 4) is 5.75 Å². The summed E-state index contributed by atoms with van der Waals surface area (Å²) in [6, 6.07) is 6.67. The van der Waals surface area contributed by atoms with Gasteiger partial charge in [-0.1, -0.05) is 18.2 Å². The lowest BCUT2D eigenvalue weighted by Crippen LogP contribution is -2.45. The highest BCUT2D eigenvalue weighted by atomic mass is 31.2. The van der Waals surface area contributed by atoms with Crippen LogP contribution in [-0.4, -0.2) is 56.8 Å². The number of aromatic nitrogens is 2. The number of aliphatic hydroxyl groups is 1. The molecule has 0 amide bonds. The van der Waals surface area contributed by atoms with E-state index in [1.54, 1.807) is 37.0 Å². The van der Waals surface area contributed by atoms with Crippen LogP contribution in [0.15, 0.2) is 46.1 Å². The molecule has 210 valence electrons. The molecule has 2 heterocycles. The predicted molar refractivity (Wildman–Crippen MR) is 130 cm³/mol. The Labute approximate surface area is 216 Å². The van der Waals surface area contributed by atoms with Gasteiger partial charge in [-0.3, -0.25) is 23.7 Å². The molecule has 3 rings (SSSR count). The molecular weight excluding hydrogens is 531 g/mol. The molecule has 15 heteroatoms. The number of carbonyl (C=O) groups excluding carboxylic acids is 1. The molecule has 1 aliphatic rings. The minimum atomic E-state index is -4.43. The molecule has 2 aromatic rings. The Bertz CT molecular complexity index is 1300. The number of carbonyl (C=O) groups is 1. The second kappa shape index (κ2) is 11.5. The van der Waals surface area contributed by atoms with Crippen LogP contribution in [0.3, 0.4) is 0 Å². The third kappa shape index (κ3) is 6.56. The smallest absolute Gasteiger partial charge is 0.459 e. The molecule has 0 saturated carbocycles. The molecule has 0 bridgehead atoms. The van der Waals surface area contributed by atoms with Gasteiger partial charge in [0.1, 0.15) is 24.0 Å². The molecule has 2 unspecified atom stereocenters. The van der Waals surface area contributed by atoms with Crippen molar-refractivity contribution in [2.75, 3.05) is 0 Å². The number of rotatable bonds is 10. The summed E-state index contributed by atoms with van der Waals surface area (Å²) in [5.41, 5.74) is -5.17. The fraction of sp³-hybridized carbons (Fsp3) is 0.522. The monoisotopic (exact) mass is 561 g/mol. The molecule has 1 aliphatic heterocycles. The SMILES string of the molecule is CC(C)OC(=O)[C@H](C)NP(=O)(Oc1ccccc1)O[C@@H](C)[C@H]1O[C@@H](n2cc(F)c(=O)[nH]c2=O)[C@](C)(F)C1O. The van der Waals surface area contributed by atoms with E-state index >= 15 is 4.39 Å². The van der Waals surface area contributed by atoms with Gasteiger partial charge in [-0.25, -0.2) is 13.8 Å². The van der Waals surface area contributed by atoms with Crippen LogP contribution in [0.1, 0.15) is 40.8 Å². The van der Waals surface area contributed by atoms with Crippen molar-refractivity contribution in [2.24, 2.45) is 0 Å². The molecule has 0 spiro atoms. The van der Waals surface area contributed by atoms with Gasteiger partial charge in [0.15, 0.2) is 11.9 Å². The van der Waals surface area contributed by atoms with Crippen LogP contribution >= 0.6 is 7.75 Å². The summed E-state index contributed by atoms with van der Waals surface area (Å²) in [5.74, 6) is -2.02. The second-order valence-electron chi connectivity index (χ2n) is 9.24. The standard InChI is InChI=1S/C23H30F2N3O9P/c1-12(2)34-20(31)13(3)27-38(33,37-15-9-7-6-8-10-15)36-14(4)17-18(29)23(5,25)21(35-17)28-11-16(24)19(30)26-22(28)32/h6-14,17-18,21,29H,1-5H3,(H,27,33)(H,26,30,32)/t13-,14-,17+,18?,21+,23+,38?/m0/s1. The Hall–Kier alpha value is -2.90. The van der Waals surface area contributed by atoms with E-state index in [-0.39, 0.29) is 5.75 Å². The lowest BCUT2D eigenvalue weighted by molar-refractivity contribution is -0.149. The maximum Gasteiger partial charge on any atom is 0.459 e. The second-order valence-corrected chi connectivity index (χ2v) is 10.9. The van der Waals surface area contributed by atoms with E-state index < -0.39 is 73.1 Å². The normalized spacial score (nSPS) is 26.5. The highest BCUT2D eigenvalue weighted by Gasteiger charge is 2.58. The average Bonchev–Trinajstić information content (AvgIpc) is 3.05. The quantitative estimate of drug-likeness (QED) is 0.290. The van der Waals surface area contributed by atoms with Crippen molar-refractivity contribution in [3.05, 3.63) is 63.2 Å². The maximum atomic E-state index is 15.6. The predicted octanol–water partition coefficient (Wildman–Crippen LogP) is 2.18. The third-order valence-corrected chi connectivity index (χ3v) is 7.39. The van der Waals surface area contributed by atoms with Gasteiger partial charge in [-0.05, 0) is 46.8 Å². The average molecular weight is 561 g/mol. The van der Waals surface area contributed by atoms with Crippen molar-refractivity contribution in [1.82, 2.24) is 14.6 Å². The topological polar surface area (TPSA) is 158 Å². The van der Waals surface area contributed by atoms with E-state index in [4.69, 9.17) is 18.5 Å². The van der Waals surface area contributed by atoms with Crippen LogP contribution in [0, 0.1) is 5.82 Å². The van der Waals surface area contributed by atoms with Gasteiger partial charge in [0.2, 0.25) is 5.82 Å². The molecule has 38 heavy (non-hydrogen) atoms. The van der Waals surface area contributed by atoms with Crippen LogP contribution in [0.2, 0.25) is 0 Å². The number of ether oxygens (including phenoxy) is 2. The van der Waals surface area contributed by atoms with E-state index in [2.05, 4.69) is 5.09 Å². The van der Waals surface area contributed by atoms with E-state index in [1.165, 1.54) is 26.0 Å². The number of aliphatic hydroxyl groups excluding tert-OH is 1. The highest BCUT2D eigenvalue weighted by Crippen LogP contribution is 2.49. The Morgan fingerprint density at radius 3 is 2.47 bits per heavy atom. The van der Waals surface area contributed by atoms with E-state index in [0.29, 0.717) is 10.8 Å². The van der Waals surface area contributed by atoms with Crippen molar-refractivity contribution in [1.29, 1.82) is 0 Å². The van der Waals surface area contributed by atoms with Crippen molar-refractivity contribution < 1.29 is 41.8 Å². The largest absolute Gasteiger partial charge is 0.462 e. The zero-order chi connectivity index (χ0) is 28.4. The van der Waals surface area contributed by atoms with Gasteiger partial charge < -0.3 is 19.1 Å². The molecule has 7 atom stereocenters. The fourth-order valence-corrected chi connectivity index (χ4v) is 5.46. The van der Waals surface area contributed by atoms with Gasteiger partial charge in [0.05, 0.1) is 18.4 Å². The summed E-state index contributed by atoms with van der Waals surface area (Å²) in [4.78, 5) is 37.6. The first-order valence-electron chi connectivity index (χ1n) is 11.7. The lowest BCUT2D eigenvalue weighted by Gasteiger charge is -2.29. The van der Waals surface area contributed by atoms with Crippen LogP contribution in [0.25, 0.3) is 0 Å². The third-order valence-electron chi connectivity index (χ3n) is 5.63. The molecule has 12 nitrogen and oxygen atoms in total. The molecule has 1 aromatic heterocycles. The zero-order valence-electron chi connectivity index (χ0n) is 21.3. The van der Waals surface area contributed by atoms with Crippen molar-refractivity contribution >= 4 is 13.7 Å². The Morgan fingerprint density at radius 1 is 1.24 bits per heavy atom. The number of nitrogens with zero attached hydrogens (tertiary/aromatic N) is 1. The van der Waals surface area contributed by atoms with E-state index in [9.17, 15) is 28.4 Å². The first-order valence-corrected chi connectivity index (χ1v) is 13.2. The molecule has 1 fully saturated rings. The highest BCUT2D eigenvalue weighted by molar-refractivity contribution is 7.52. The van der Waals surface area contributed by atoms with Gasteiger partial charge in [0.25, 0.3) is 5.56 Å². The van der Waals surface area contributed by atoms with E-state index in [0.717, 1.165) is 6.92 Å². The number of hydrogen-bond donors (Lipinski definition) is 3. The number of aromatic amines is 1. The van der Waals surface area contributed by atoms with Crippen LogP contribution < -0.4 is 20.9 Å². The van der Waals surface area contributed by atoms with Gasteiger partial charge in [-0.2, -0.15) is 9.48 Å². The summed E-state index contributed by atoms with van der Waals surface area (Å²) in [6.07, 6.45) is -6.76. The van der Waals surface area contributed by atoms with Crippen molar-refractivity contribution in [3.63, 3.8) is 0 Å². The number of para-hydroxylation sites is 1. The first kappa shape index (κ1) is 29.7. The molecule has 3 N–H and O–H groups in total. The van der Waals surface area contributed by atoms with Crippen LogP contribution in [0.5, 0.6) is 5.75 Å². The molecule has 1 saturated heterocycles. The maximum absolute atomic E-state index is 15.6. The summed E-state index contributed by atoms with van der Waals surface area (Å²) in [7, 11) is -4.43. The molecule has 1 aromatic carbocycles. The minimum absolute atomic E-state index is 0.108. The zero-order valence-corrected chi connectivity index (χ0v) is 22.2. The van der Waals surface area contributed by atoms with Crippen LogP contribution in [0.4, 0.5) is 8.78 Å². The summed E-state index contributed by atoms with van der Waals surface area (Å²) in [5, 5.41) is 13.2. The lowest BCUT2D eigenvalue weighted by atomic mass is 9.96. The minimum Gasteiger partial charge on any atom is -0.462 e. The Kier molecular flexibility index (Phi) is 8.94. The number of alkyl halides is 1. The van der Waals surface area contributed by atoms with Gasteiger partial charge in [0, 0.05) is 0 Å².